The van der Waals surface area contributed by atoms with E-state index >= 15 is 0 Å². The molecule has 10 heteroatoms. The molecule has 3 aromatic rings. The molecule has 40 heavy (non-hydrogen) atoms. The summed E-state index contributed by atoms with van der Waals surface area (Å²) >= 11 is 6.06. The summed E-state index contributed by atoms with van der Waals surface area (Å²) in [5.74, 6) is -0.629. The van der Waals surface area contributed by atoms with Crippen LogP contribution in [0.25, 0.3) is 0 Å². The average molecular weight is 584 g/mol. The second-order valence-electron chi connectivity index (χ2n) is 9.73. The molecular formula is C30H34ClN3O5S. The van der Waals surface area contributed by atoms with Crippen LogP contribution >= 0.6 is 11.6 Å². The number of hydrogen-bond donors (Lipinski definition) is 2. The molecular weight excluding hydrogens is 550 g/mol. The molecule has 0 radical (unpaired) electrons. The summed E-state index contributed by atoms with van der Waals surface area (Å²) in [5, 5.41) is 12.6. The molecule has 8 nitrogen and oxygen atoms in total. The topological polar surface area (TPSA) is 107 Å². The molecule has 0 saturated carbocycles. The Morgan fingerprint density at radius 3 is 2.17 bits per heavy atom. The fourth-order valence-electron chi connectivity index (χ4n) is 4.79. The Hall–Kier alpha value is -3.24. The maximum Gasteiger partial charge on any atom is 0.247 e. The number of nitrogens with one attached hydrogen (secondary N) is 1. The summed E-state index contributed by atoms with van der Waals surface area (Å²) < 4.78 is 27.2. The maximum absolute atomic E-state index is 13.7. The van der Waals surface area contributed by atoms with Gasteiger partial charge in [0.05, 0.1) is 11.5 Å². The van der Waals surface area contributed by atoms with Crippen LogP contribution in [-0.2, 0) is 32.6 Å². The summed E-state index contributed by atoms with van der Waals surface area (Å²) in [6.45, 7) is 1.10. The predicted molar refractivity (Wildman–Crippen MR) is 154 cm³/mol. The fraction of sp³-hybridized carbons (Fsp3) is 0.333. The summed E-state index contributed by atoms with van der Waals surface area (Å²) in [4.78, 5) is 28.8. The molecule has 1 atom stereocenters. The van der Waals surface area contributed by atoms with Gasteiger partial charge in [-0.15, -0.1) is 0 Å². The Kier molecular flexibility index (Phi) is 10.3. The van der Waals surface area contributed by atoms with E-state index in [1.165, 1.54) is 9.21 Å². The van der Waals surface area contributed by atoms with E-state index in [1.54, 1.807) is 48.5 Å². The SMILES string of the molecule is O=C(NCCO)C(c1ccccc1)N(Cc1ccc(Cl)cc1)C(=O)CCc1ccc(S(=O)(=O)N2CCCC2)cc1. The van der Waals surface area contributed by atoms with Gasteiger partial charge in [0.25, 0.3) is 0 Å². The van der Waals surface area contributed by atoms with Gasteiger partial charge in [0, 0.05) is 37.6 Å². The number of sulfonamides is 1. The van der Waals surface area contributed by atoms with E-state index in [4.69, 9.17) is 11.6 Å². The van der Waals surface area contributed by atoms with E-state index in [1.807, 2.05) is 30.3 Å². The first-order chi connectivity index (χ1) is 19.3. The van der Waals surface area contributed by atoms with Crippen LogP contribution in [0.4, 0.5) is 0 Å². The van der Waals surface area contributed by atoms with Crippen LogP contribution in [0.5, 0.6) is 0 Å². The lowest BCUT2D eigenvalue weighted by Gasteiger charge is -2.32. The number of carbonyl (C=O) groups is 2. The van der Waals surface area contributed by atoms with E-state index in [-0.39, 0.29) is 42.8 Å². The first-order valence-electron chi connectivity index (χ1n) is 13.4. The third-order valence-corrected chi connectivity index (χ3v) is 9.09. The van der Waals surface area contributed by atoms with Gasteiger partial charge >= 0.3 is 0 Å². The van der Waals surface area contributed by atoms with E-state index in [9.17, 15) is 23.1 Å². The number of benzene rings is 3. The van der Waals surface area contributed by atoms with Gasteiger partial charge in [0.1, 0.15) is 6.04 Å². The minimum Gasteiger partial charge on any atom is -0.395 e. The third kappa shape index (κ3) is 7.48. The molecule has 1 unspecified atom stereocenters. The van der Waals surface area contributed by atoms with Gasteiger partial charge in [0.2, 0.25) is 21.8 Å². The Labute approximate surface area is 240 Å². The van der Waals surface area contributed by atoms with E-state index in [0.29, 0.717) is 30.1 Å². The van der Waals surface area contributed by atoms with Crippen LogP contribution in [0.3, 0.4) is 0 Å². The summed E-state index contributed by atoms with van der Waals surface area (Å²) in [5.41, 5.74) is 2.28. The van der Waals surface area contributed by atoms with Gasteiger partial charge in [-0.25, -0.2) is 8.42 Å². The Bertz CT molecular complexity index is 1380. The highest BCUT2D eigenvalue weighted by atomic mass is 35.5. The monoisotopic (exact) mass is 583 g/mol. The van der Waals surface area contributed by atoms with Crippen LogP contribution in [0.15, 0.2) is 83.8 Å². The van der Waals surface area contributed by atoms with Crippen molar-refractivity contribution in [3.63, 3.8) is 0 Å². The number of nitrogens with zero attached hydrogens (tertiary/aromatic N) is 2. The predicted octanol–water partition coefficient (Wildman–Crippen LogP) is 3.94. The first kappa shape index (κ1) is 29.7. The average Bonchev–Trinajstić information content (AvgIpc) is 3.53. The zero-order valence-corrected chi connectivity index (χ0v) is 23.8. The number of aliphatic hydroxyl groups is 1. The van der Waals surface area contributed by atoms with Crippen molar-refractivity contribution in [1.29, 1.82) is 0 Å². The summed E-state index contributed by atoms with van der Waals surface area (Å²) in [7, 11) is -3.51. The zero-order chi connectivity index (χ0) is 28.5. The van der Waals surface area contributed by atoms with Crippen molar-refractivity contribution in [3.8, 4) is 0 Å². The molecule has 212 valence electrons. The van der Waals surface area contributed by atoms with E-state index in [0.717, 1.165) is 24.0 Å². The smallest absolute Gasteiger partial charge is 0.247 e. The molecule has 3 aromatic carbocycles. The molecule has 1 fully saturated rings. The van der Waals surface area contributed by atoms with Gasteiger partial charge in [0.15, 0.2) is 0 Å². The number of amides is 2. The summed E-state index contributed by atoms with van der Waals surface area (Å²) in [6, 6.07) is 21.9. The number of hydrogen-bond acceptors (Lipinski definition) is 5. The second-order valence-corrected chi connectivity index (χ2v) is 12.1. The van der Waals surface area contributed by atoms with Crippen LogP contribution in [0, 0.1) is 0 Å². The van der Waals surface area contributed by atoms with Gasteiger partial charge in [-0.1, -0.05) is 66.2 Å². The highest BCUT2D eigenvalue weighted by molar-refractivity contribution is 7.89. The van der Waals surface area contributed by atoms with Gasteiger partial charge < -0.3 is 15.3 Å². The quantitative estimate of drug-likeness (QED) is 0.336. The number of aliphatic hydroxyl groups excluding tert-OH is 1. The normalized spacial score (nSPS) is 14.6. The molecule has 0 spiro atoms. The number of halogens is 1. The van der Waals surface area contributed by atoms with Gasteiger partial charge in [-0.05, 0) is 60.2 Å². The highest BCUT2D eigenvalue weighted by Crippen LogP contribution is 2.26. The van der Waals surface area contributed by atoms with E-state index < -0.39 is 16.1 Å². The lowest BCUT2D eigenvalue weighted by molar-refractivity contribution is -0.141. The zero-order valence-electron chi connectivity index (χ0n) is 22.2. The molecule has 0 bridgehead atoms. The first-order valence-corrected chi connectivity index (χ1v) is 15.2. The standard InChI is InChI=1S/C30H34ClN3O5S/c31-26-13-8-24(9-14-26)22-34(29(30(37)32-18-21-35)25-6-2-1-3-7-25)28(36)17-12-23-10-15-27(16-11-23)40(38,39)33-19-4-5-20-33/h1-3,6-11,13-16,29,35H,4-5,12,17-22H2,(H,32,37). The molecule has 1 saturated heterocycles. The van der Waals surface area contributed by atoms with Crippen molar-refractivity contribution in [2.45, 2.75) is 43.2 Å². The lowest BCUT2D eigenvalue weighted by Crippen LogP contribution is -2.44. The second kappa shape index (κ2) is 13.9. The molecule has 2 amide bonds. The highest BCUT2D eigenvalue weighted by Gasteiger charge is 2.31. The molecule has 1 heterocycles. The van der Waals surface area contributed by atoms with E-state index in [2.05, 4.69) is 5.32 Å². The minimum atomic E-state index is -3.51. The number of carbonyl (C=O) groups excluding carboxylic acids is 2. The molecule has 1 aliphatic heterocycles. The molecule has 1 aliphatic rings. The van der Waals surface area contributed by atoms with Gasteiger partial charge in [-0.2, -0.15) is 4.31 Å². The fourth-order valence-corrected chi connectivity index (χ4v) is 6.44. The van der Waals surface area contributed by atoms with Crippen LogP contribution in [0.2, 0.25) is 5.02 Å². The van der Waals surface area contributed by atoms with Crippen molar-refractivity contribution in [2.75, 3.05) is 26.2 Å². The lowest BCUT2D eigenvalue weighted by atomic mass is 10.0. The van der Waals surface area contributed by atoms with Gasteiger partial charge in [-0.3, -0.25) is 9.59 Å². The minimum absolute atomic E-state index is 0.0673. The van der Waals surface area contributed by atoms with Crippen LogP contribution in [-0.4, -0.2) is 60.8 Å². The Morgan fingerprint density at radius 1 is 0.925 bits per heavy atom. The summed E-state index contributed by atoms with van der Waals surface area (Å²) in [6.07, 6.45) is 2.23. The van der Waals surface area contributed by atoms with Crippen LogP contribution < -0.4 is 5.32 Å². The van der Waals surface area contributed by atoms with Crippen LogP contribution in [0.1, 0.15) is 42.0 Å². The van der Waals surface area contributed by atoms with Crippen molar-refractivity contribution in [3.05, 3.63) is 101 Å². The Balaban J connectivity index is 1.55. The molecule has 4 rings (SSSR count). The molecule has 0 aliphatic carbocycles. The Morgan fingerprint density at radius 2 is 1.55 bits per heavy atom. The van der Waals surface area contributed by atoms with Crippen molar-refractivity contribution >= 4 is 33.4 Å². The maximum atomic E-state index is 13.7. The van der Waals surface area contributed by atoms with Crippen molar-refractivity contribution < 1.29 is 23.1 Å². The third-order valence-electron chi connectivity index (χ3n) is 6.93. The number of aryl methyl sites for hydroxylation is 1. The number of rotatable bonds is 12. The van der Waals surface area contributed by atoms with Crippen molar-refractivity contribution in [2.24, 2.45) is 0 Å². The molecule has 0 aromatic heterocycles. The molecule has 2 N–H and O–H groups in total. The van der Waals surface area contributed by atoms with Crippen molar-refractivity contribution in [1.82, 2.24) is 14.5 Å². The largest absolute Gasteiger partial charge is 0.395 e.